The Bertz CT molecular complexity index is 3740. The second-order valence-electron chi connectivity index (χ2n) is 16.8. The molecule has 13 rings (SSSR count). The van der Waals surface area contributed by atoms with Gasteiger partial charge in [0, 0.05) is 58.7 Å². The predicted molar refractivity (Wildman–Crippen MR) is 258 cm³/mol. The Morgan fingerprint density at radius 2 is 1.03 bits per heavy atom. The minimum absolute atomic E-state index is 0.119. The van der Waals surface area contributed by atoms with Gasteiger partial charge in [-0.05, 0) is 98.6 Å². The van der Waals surface area contributed by atoms with Crippen LogP contribution < -0.4 is 4.90 Å². The molecule has 0 aliphatic heterocycles. The van der Waals surface area contributed by atoms with Gasteiger partial charge in [-0.15, -0.1) is 11.3 Å². The molecule has 3 heteroatoms. The van der Waals surface area contributed by atoms with Crippen molar-refractivity contribution in [3.05, 3.63) is 205 Å². The average Bonchev–Trinajstić information content (AvgIpc) is 3.93. The van der Waals surface area contributed by atoms with E-state index in [4.69, 9.17) is 0 Å². The Morgan fingerprint density at radius 3 is 1.87 bits per heavy atom. The zero-order chi connectivity index (χ0) is 39.7. The molecule has 0 saturated heterocycles. The maximum atomic E-state index is 2.56. The summed E-state index contributed by atoms with van der Waals surface area (Å²) in [6, 6.07) is 72.4. The summed E-state index contributed by atoms with van der Waals surface area (Å²) < 4.78 is 5.19. The van der Waals surface area contributed by atoms with Crippen molar-refractivity contribution in [2.45, 2.75) is 19.3 Å². The number of thiophene rings is 1. The molecule has 282 valence electrons. The SMILES string of the molecule is CC1(C)c2ccccc2-c2c(N(c3ccc(-c4ccccc4)cc3)c3ccc4c(c3)c3cccc5c6ccccc6c6cccc7sc8cccc(c8c76)n4c53)cccc21. The lowest BCUT2D eigenvalue weighted by Gasteiger charge is -2.29. The van der Waals surface area contributed by atoms with Crippen LogP contribution in [0.5, 0.6) is 0 Å². The van der Waals surface area contributed by atoms with Crippen LogP contribution in [0.25, 0.3) is 91.3 Å². The molecular formula is C57H38N2S. The Hall–Kier alpha value is -7.20. The van der Waals surface area contributed by atoms with Gasteiger partial charge in [-0.2, -0.15) is 0 Å². The van der Waals surface area contributed by atoms with Gasteiger partial charge >= 0.3 is 0 Å². The average molecular weight is 783 g/mol. The zero-order valence-electron chi connectivity index (χ0n) is 33.3. The van der Waals surface area contributed by atoms with Gasteiger partial charge in [0.2, 0.25) is 0 Å². The summed E-state index contributed by atoms with van der Waals surface area (Å²) in [6.45, 7) is 4.73. The lowest BCUT2D eigenvalue weighted by molar-refractivity contribution is 0.660. The van der Waals surface area contributed by atoms with Crippen LogP contribution in [-0.4, -0.2) is 4.40 Å². The van der Waals surface area contributed by atoms with Crippen molar-refractivity contribution < 1.29 is 0 Å². The van der Waals surface area contributed by atoms with E-state index in [1.807, 2.05) is 11.3 Å². The molecule has 1 aliphatic rings. The van der Waals surface area contributed by atoms with Crippen molar-refractivity contribution in [3.63, 3.8) is 0 Å². The molecule has 0 spiro atoms. The van der Waals surface area contributed by atoms with Gasteiger partial charge in [-0.3, -0.25) is 0 Å². The van der Waals surface area contributed by atoms with E-state index in [1.165, 1.54) is 108 Å². The molecule has 12 aromatic rings. The van der Waals surface area contributed by atoms with Crippen molar-refractivity contribution in [2.75, 3.05) is 4.90 Å². The van der Waals surface area contributed by atoms with Crippen molar-refractivity contribution in [1.82, 2.24) is 4.40 Å². The minimum atomic E-state index is -0.119. The maximum Gasteiger partial charge on any atom is 0.0619 e. The van der Waals surface area contributed by atoms with E-state index in [2.05, 4.69) is 217 Å². The highest BCUT2D eigenvalue weighted by Crippen LogP contribution is 2.54. The first-order valence-corrected chi connectivity index (χ1v) is 21.7. The number of aromatic nitrogens is 1. The summed E-state index contributed by atoms with van der Waals surface area (Å²) in [7, 11) is 0. The molecule has 0 saturated carbocycles. The molecule has 0 radical (unpaired) electrons. The third kappa shape index (κ3) is 4.58. The van der Waals surface area contributed by atoms with Crippen LogP contribution in [0.3, 0.4) is 0 Å². The number of rotatable bonds is 4. The molecule has 0 unspecified atom stereocenters. The van der Waals surface area contributed by atoms with Gasteiger partial charge < -0.3 is 9.30 Å². The molecule has 60 heavy (non-hydrogen) atoms. The predicted octanol–water partition coefficient (Wildman–Crippen LogP) is 16.4. The third-order valence-electron chi connectivity index (χ3n) is 13.3. The summed E-state index contributed by atoms with van der Waals surface area (Å²) in [5.41, 5.74) is 14.8. The standard InChI is InChI=1S/C57H38N2S/c1-57(2)46-22-9-8-18-44(46)53-47(57)23-12-24-49(53)58(37-30-28-36(29-31-37)35-14-4-3-5-15-35)38-32-33-48-45(34-38)43-21-10-20-42-40-17-7-6-16-39(40)41-19-11-26-51-54(41)55-50(59(48)56(42)43)25-13-27-52(55)60-51/h3-34H,1-2H3. The first-order chi connectivity index (χ1) is 29.5. The topological polar surface area (TPSA) is 7.65 Å². The normalized spacial score (nSPS) is 13.3. The van der Waals surface area contributed by atoms with Crippen LogP contribution in [0.15, 0.2) is 194 Å². The van der Waals surface area contributed by atoms with Crippen LogP contribution in [0.2, 0.25) is 0 Å². The summed E-state index contributed by atoms with van der Waals surface area (Å²) in [6.07, 6.45) is 0. The second kappa shape index (κ2) is 12.4. The first-order valence-electron chi connectivity index (χ1n) is 20.9. The summed E-state index contributed by atoms with van der Waals surface area (Å²) in [4.78, 5) is 2.50. The van der Waals surface area contributed by atoms with E-state index < -0.39 is 0 Å². The van der Waals surface area contributed by atoms with Crippen molar-refractivity contribution in [2.24, 2.45) is 0 Å². The number of para-hydroxylation sites is 1. The van der Waals surface area contributed by atoms with Gasteiger partial charge in [-0.1, -0.05) is 153 Å². The lowest BCUT2D eigenvalue weighted by Crippen LogP contribution is -2.16. The summed E-state index contributed by atoms with van der Waals surface area (Å²) in [5, 5.41) is 10.2. The number of fused-ring (bicyclic) bond motifs is 10. The third-order valence-corrected chi connectivity index (χ3v) is 14.5. The molecule has 1 aliphatic carbocycles. The molecular weight excluding hydrogens is 745 g/mol. The van der Waals surface area contributed by atoms with E-state index in [0.29, 0.717) is 0 Å². The Kier molecular flexibility index (Phi) is 6.98. The van der Waals surface area contributed by atoms with E-state index in [-0.39, 0.29) is 5.41 Å². The second-order valence-corrected chi connectivity index (χ2v) is 17.9. The van der Waals surface area contributed by atoms with Crippen molar-refractivity contribution in [1.29, 1.82) is 0 Å². The van der Waals surface area contributed by atoms with Crippen molar-refractivity contribution in [3.8, 4) is 22.3 Å². The van der Waals surface area contributed by atoms with Crippen LogP contribution in [0.4, 0.5) is 17.1 Å². The largest absolute Gasteiger partial charge is 0.310 e. The van der Waals surface area contributed by atoms with Crippen LogP contribution in [0, 0.1) is 0 Å². The van der Waals surface area contributed by atoms with Gasteiger partial charge in [0.05, 0.1) is 22.2 Å². The molecule has 3 aromatic heterocycles. The van der Waals surface area contributed by atoms with E-state index in [9.17, 15) is 0 Å². The number of benzene rings is 9. The smallest absolute Gasteiger partial charge is 0.0619 e. The van der Waals surface area contributed by atoms with Crippen LogP contribution in [-0.2, 0) is 5.41 Å². The highest BCUT2D eigenvalue weighted by Gasteiger charge is 2.37. The fourth-order valence-electron chi connectivity index (χ4n) is 10.7. The summed E-state index contributed by atoms with van der Waals surface area (Å²) >= 11 is 1.89. The number of nitrogens with zero attached hydrogens (tertiary/aromatic N) is 2. The van der Waals surface area contributed by atoms with Crippen LogP contribution in [0.1, 0.15) is 25.0 Å². The van der Waals surface area contributed by atoms with E-state index in [0.717, 1.165) is 11.4 Å². The van der Waals surface area contributed by atoms with Gasteiger partial charge in [0.15, 0.2) is 0 Å². The molecule has 3 heterocycles. The lowest BCUT2D eigenvalue weighted by atomic mass is 9.82. The van der Waals surface area contributed by atoms with E-state index >= 15 is 0 Å². The van der Waals surface area contributed by atoms with Gasteiger partial charge in [-0.25, -0.2) is 0 Å². The highest BCUT2D eigenvalue weighted by atomic mass is 32.1. The first kappa shape index (κ1) is 33.7. The Balaban J connectivity index is 1.15. The molecule has 0 atom stereocenters. The van der Waals surface area contributed by atoms with E-state index in [1.54, 1.807) is 0 Å². The quantitative estimate of drug-likeness (QED) is 0.173. The maximum absolute atomic E-state index is 2.56. The number of hydrogen-bond donors (Lipinski definition) is 0. The molecule has 9 aromatic carbocycles. The summed E-state index contributed by atoms with van der Waals surface area (Å²) in [5.74, 6) is 0. The number of anilines is 3. The zero-order valence-corrected chi connectivity index (χ0v) is 34.1. The fourth-order valence-corrected chi connectivity index (χ4v) is 11.8. The molecule has 0 bridgehead atoms. The van der Waals surface area contributed by atoms with Gasteiger partial charge in [0.1, 0.15) is 0 Å². The monoisotopic (exact) mass is 782 g/mol. The number of hydrogen-bond acceptors (Lipinski definition) is 2. The molecule has 0 N–H and O–H groups in total. The van der Waals surface area contributed by atoms with Gasteiger partial charge in [0.25, 0.3) is 0 Å². The fraction of sp³-hybridized carbons (Fsp3) is 0.0526. The molecule has 2 nitrogen and oxygen atoms in total. The molecule has 0 fully saturated rings. The Labute approximate surface area is 351 Å². The highest BCUT2D eigenvalue weighted by molar-refractivity contribution is 7.26. The Morgan fingerprint density at radius 1 is 0.433 bits per heavy atom. The van der Waals surface area contributed by atoms with Crippen LogP contribution >= 0.6 is 11.3 Å². The molecule has 0 amide bonds. The van der Waals surface area contributed by atoms with Crippen molar-refractivity contribution >= 4 is 97.4 Å². The minimum Gasteiger partial charge on any atom is -0.310 e.